The number of nitrogens with two attached hydrogens (primary N) is 9. The molecule has 11 amide bonds. The Hall–Kier alpha value is -7.12. The molecule has 0 radical (unpaired) electrons. The van der Waals surface area contributed by atoms with Gasteiger partial charge in [-0.25, -0.2) is 0 Å². The van der Waals surface area contributed by atoms with Crippen molar-refractivity contribution < 1.29 is 62.5 Å². The Morgan fingerprint density at radius 3 is 0.638 bits per heavy atom. The Bertz CT molecular complexity index is 1920. The highest BCUT2D eigenvalue weighted by Crippen LogP contribution is 2.41. The fourth-order valence-electron chi connectivity index (χ4n) is 10.7. The molecule has 0 saturated carbocycles. The summed E-state index contributed by atoms with van der Waals surface area (Å²) in [7, 11) is 0. The maximum atomic E-state index is 14.8. The topological polar surface area (TPSA) is 614 Å². The maximum absolute atomic E-state index is 14.8. The van der Waals surface area contributed by atoms with Gasteiger partial charge in [-0.3, -0.25) is 67.6 Å². The number of Topliss-reactive ketones (excluding diaryl/α,β-unsaturated/α-hetero) is 1. The first kappa shape index (κ1) is 86.9. The largest absolute Gasteiger partial charge is 0.355 e. The third-order valence-corrected chi connectivity index (χ3v) is 16.1. The van der Waals surface area contributed by atoms with Crippen LogP contribution >= 0.6 is 0 Å². The van der Waals surface area contributed by atoms with Crippen LogP contribution in [0.25, 0.3) is 0 Å². The minimum absolute atomic E-state index is 0.0240. The van der Waals surface area contributed by atoms with Crippen LogP contribution in [0.2, 0.25) is 0 Å². The Morgan fingerprint density at radius 2 is 0.447 bits per heavy atom. The number of hydrogen-bond acceptors (Lipinski definition) is 23. The molecule has 0 aliphatic heterocycles. The third kappa shape index (κ3) is 40.2. The fourth-order valence-corrected chi connectivity index (χ4v) is 10.7. The van der Waals surface area contributed by atoms with E-state index < -0.39 is 143 Å². The molecule has 0 aromatic rings. The number of rotatable bonds is 59. The molecule has 0 bridgehead atoms. The van der Waals surface area contributed by atoms with Crippen molar-refractivity contribution in [2.24, 2.45) is 57.0 Å². The molecule has 0 spiro atoms. The van der Waals surface area contributed by atoms with Gasteiger partial charge < -0.3 is 110 Å². The van der Waals surface area contributed by atoms with Crippen LogP contribution < -0.4 is 110 Å². The van der Waals surface area contributed by atoms with Gasteiger partial charge in [-0.1, -0.05) is 0 Å². The van der Waals surface area contributed by atoms with Crippen LogP contribution in [0.4, 0.5) is 0 Å². The standard InChI is InChI=1S/C59H115N21O14/c60-25-34-69-45(82)2-13-56(14-3-46(83)70-35-26-61,15-4-47(84)71-36-27-62)43-44(81)1-22-59(80(93)94,23-11-54(91)78-57(16-5-48(85)72-37-28-63,17-6-49(86)73-38-29-64)18-7-50(87)74-39-30-65)24-12-55(92)79-58(19-8-51(88)75-40-31-66,20-9-52(89)76-41-32-67)21-10-53(90)77-42-33-68/h1-43,60-68H2,(H,69,82)(H,70,83)(H,71,84)(H,72,85)(H,73,86)(H,74,87)(H,75,88)(H,76,89)(H,77,90)(H,78,91)(H,79,92). The second kappa shape index (κ2) is 51.2. The molecule has 0 unspecified atom stereocenters. The van der Waals surface area contributed by atoms with Crippen molar-refractivity contribution in [1.29, 1.82) is 0 Å². The van der Waals surface area contributed by atoms with E-state index in [1.54, 1.807) is 0 Å². The van der Waals surface area contributed by atoms with Gasteiger partial charge in [0.25, 0.3) is 0 Å². The zero-order valence-corrected chi connectivity index (χ0v) is 55.3. The second-order valence-corrected chi connectivity index (χ2v) is 23.6. The van der Waals surface area contributed by atoms with Gasteiger partial charge in [0.15, 0.2) is 0 Å². The molecule has 35 heteroatoms. The number of nitrogens with zero attached hydrogens (tertiary/aromatic N) is 1. The summed E-state index contributed by atoms with van der Waals surface area (Å²) in [4.78, 5) is 176. The third-order valence-electron chi connectivity index (χ3n) is 16.1. The minimum atomic E-state index is -2.30. The molecule has 0 heterocycles. The highest BCUT2D eigenvalue weighted by molar-refractivity contribution is 5.83. The van der Waals surface area contributed by atoms with Crippen molar-refractivity contribution in [3.8, 4) is 0 Å². The minimum Gasteiger partial charge on any atom is -0.355 e. The van der Waals surface area contributed by atoms with E-state index in [4.69, 9.17) is 51.6 Å². The lowest BCUT2D eigenvalue weighted by Gasteiger charge is -2.36. The summed E-state index contributed by atoms with van der Waals surface area (Å²) in [5, 5.41) is 43.9. The Balaban J connectivity index is 8.22. The average Bonchev–Trinajstić information content (AvgIpc) is 0.872. The van der Waals surface area contributed by atoms with Crippen LogP contribution in [0.3, 0.4) is 0 Å². The lowest BCUT2D eigenvalue weighted by Crippen LogP contribution is -2.52. The van der Waals surface area contributed by atoms with E-state index in [1.165, 1.54) is 0 Å². The summed E-state index contributed by atoms with van der Waals surface area (Å²) in [6.45, 7) is 2.09. The van der Waals surface area contributed by atoms with Crippen molar-refractivity contribution in [3.05, 3.63) is 10.1 Å². The zero-order valence-electron chi connectivity index (χ0n) is 55.3. The van der Waals surface area contributed by atoms with Crippen LogP contribution in [0, 0.1) is 15.5 Å². The van der Waals surface area contributed by atoms with Gasteiger partial charge in [-0.2, -0.15) is 0 Å². The van der Waals surface area contributed by atoms with E-state index in [0.717, 1.165) is 0 Å². The van der Waals surface area contributed by atoms with Crippen LogP contribution in [-0.4, -0.2) is 210 Å². The first-order chi connectivity index (χ1) is 44.8. The van der Waals surface area contributed by atoms with Crippen molar-refractivity contribution in [1.82, 2.24) is 58.5 Å². The van der Waals surface area contributed by atoms with Gasteiger partial charge in [-0.05, 0) is 63.2 Å². The van der Waals surface area contributed by atoms with Gasteiger partial charge >= 0.3 is 0 Å². The maximum Gasteiger partial charge on any atom is 0.223 e. The summed E-state index contributed by atoms with van der Waals surface area (Å²) >= 11 is 0. The van der Waals surface area contributed by atoms with Crippen LogP contribution in [0.15, 0.2) is 0 Å². The molecule has 0 atom stereocenters. The smallest absolute Gasteiger partial charge is 0.223 e. The number of carbonyl (C=O) groups excluding carboxylic acids is 12. The first-order valence-corrected chi connectivity index (χ1v) is 32.8. The van der Waals surface area contributed by atoms with E-state index >= 15 is 0 Å². The Kier molecular flexibility index (Phi) is 47.4. The van der Waals surface area contributed by atoms with Gasteiger partial charge in [0.2, 0.25) is 70.5 Å². The van der Waals surface area contributed by atoms with E-state index in [2.05, 4.69) is 58.5 Å². The number of nitro groups is 1. The summed E-state index contributed by atoms with van der Waals surface area (Å²) in [6, 6.07) is 0. The molecular formula is C59H115N21O14. The number of ketones is 1. The molecule has 0 rings (SSSR count). The van der Waals surface area contributed by atoms with Crippen molar-refractivity contribution in [2.75, 3.05) is 118 Å². The molecular weight excluding hydrogens is 1230 g/mol. The Morgan fingerprint density at radius 1 is 0.266 bits per heavy atom. The van der Waals surface area contributed by atoms with E-state index in [9.17, 15) is 67.6 Å². The molecule has 0 aromatic carbocycles. The van der Waals surface area contributed by atoms with Crippen LogP contribution in [0.1, 0.15) is 161 Å². The van der Waals surface area contributed by atoms with Gasteiger partial charge in [-0.15, -0.1) is 0 Å². The van der Waals surface area contributed by atoms with E-state index in [1.807, 2.05) is 0 Å². The second-order valence-electron chi connectivity index (χ2n) is 23.6. The van der Waals surface area contributed by atoms with Gasteiger partial charge in [0, 0.05) is 237 Å². The van der Waals surface area contributed by atoms with Gasteiger partial charge in [0.1, 0.15) is 5.78 Å². The molecule has 94 heavy (non-hydrogen) atoms. The lowest BCUT2D eigenvalue weighted by atomic mass is 9.70. The molecule has 0 aliphatic rings. The van der Waals surface area contributed by atoms with Crippen LogP contribution in [0.5, 0.6) is 0 Å². The monoisotopic (exact) mass is 1340 g/mol. The summed E-state index contributed by atoms with van der Waals surface area (Å²) in [5.41, 5.74) is 44.2. The van der Waals surface area contributed by atoms with Crippen molar-refractivity contribution in [2.45, 2.75) is 177 Å². The summed E-state index contributed by atoms with van der Waals surface area (Å²) in [6.07, 6.45) is -6.85. The SMILES string of the molecule is NCCNC(=O)CCC(CCC(=O)NCCN)(CCC(=O)NCCN)CC(=O)CCC(CCC(=O)NC(CCC(=O)NCCN)(CCC(=O)NCCN)CCC(=O)NCCN)(CCC(=O)NC(CCC(=O)NCCN)(CCC(=O)NCCN)CCC(=O)NCCN)[N+](=O)[O-]. The first-order valence-electron chi connectivity index (χ1n) is 32.8. The highest BCUT2D eigenvalue weighted by Gasteiger charge is 2.46. The average molecular weight is 1340 g/mol. The molecule has 0 fully saturated rings. The van der Waals surface area contributed by atoms with E-state index in [0.29, 0.717) is 0 Å². The Labute approximate surface area is 552 Å². The molecule has 540 valence electrons. The summed E-state index contributed by atoms with van der Waals surface area (Å²) in [5.74, 6) is -6.33. The molecule has 29 N–H and O–H groups in total. The number of carbonyl (C=O) groups is 12. The quantitative estimate of drug-likeness (QED) is 0.0199. The number of nitrogens with one attached hydrogen (secondary N) is 11. The zero-order chi connectivity index (χ0) is 70.7. The molecule has 0 aliphatic carbocycles. The van der Waals surface area contributed by atoms with Crippen LogP contribution in [-0.2, 0) is 57.5 Å². The predicted octanol–water partition coefficient (Wildman–Crippen LogP) is -6.31. The lowest BCUT2D eigenvalue weighted by molar-refractivity contribution is -0.573. The van der Waals surface area contributed by atoms with E-state index in [-0.39, 0.29) is 233 Å². The fraction of sp³-hybridized carbons (Fsp3) is 0.797. The van der Waals surface area contributed by atoms with Crippen molar-refractivity contribution >= 4 is 70.8 Å². The summed E-state index contributed by atoms with van der Waals surface area (Å²) < 4.78 is 0. The molecule has 35 nitrogen and oxygen atoms in total. The number of amides is 11. The predicted molar refractivity (Wildman–Crippen MR) is 353 cm³/mol. The van der Waals surface area contributed by atoms with Crippen molar-refractivity contribution in [3.63, 3.8) is 0 Å². The molecule has 0 saturated heterocycles. The highest BCUT2D eigenvalue weighted by atomic mass is 16.6. The molecule has 0 aromatic heterocycles. The van der Waals surface area contributed by atoms with Gasteiger partial charge in [0.05, 0.1) is 0 Å². The number of hydrogen-bond donors (Lipinski definition) is 20. The normalized spacial score (nSPS) is 11.5.